The van der Waals surface area contributed by atoms with Crippen LogP contribution in [0.25, 0.3) is 0 Å². The minimum Gasteiger partial charge on any atom is -0.466 e. The first kappa shape index (κ1) is 16.1. The van der Waals surface area contributed by atoms with E-state index in [4.69, 9.17) is 4.74 Å². The van der Waals surface area contributed by atoms with E-state index in [1.807, 2.05) is 6.92 Å². The number of nitrogens with one attached hydrogen (secondary N) is 1. The molecule has 1 saturated carbocycles. The number of hydrogen-bond donors (Lipinski definition) is 1. The van der Waals surface area contributed by atoms with Crippen LogP contribution in [-0.2, 0) is 22.6 Å². The van der Waals surface area contributed by atoms with Crippen LogP contribution in [-0.4, -0.2) is 23.2 Å². The van der Waals surface area contributed by atoms with E-state index in [0.717, 1.165) is 45.2 Å². The number of aryl methyl sites for hydroxylation is 1. The maximum Gasteiger partial charge on any atom is 0.308 e. The quantitative estimate of drug-likeness (QED) is 0.785. The lowest BCUT2D eigenvalue weighted by Crippen LogP contribution is -2.35. The lowest BCUT2D eigenvalue weighted by atomic mass is 9.86. The van der Waals surface area contributed by atoms with E-state index in [1.165, 1.54) is 5.69 Å². The fourth-order valence-corrected chi connectivity index (χ4v) is 3.11. The molecule has 1 aliphatic rings. The number of carbonyl (C=O) groups excluding carboxylic acids is 1. The predicted octanol–water partition coefficient (Wildman–Crippen LogP) is 3.11. The standard InChI is InChI=1S/C17H28N2O2/c1-3-11-19-12-5-6-16(19)13-18-15-9-7-14(8-10-15)17(20)21-4-2/h5-6,12,14-15,18H,3-4,7-11,13H2,1-2H3. The molecule has 1 aliphatic carbocycles. The van der Waals surface area contributed by atoms with Crippen molar-refractivity contribution in [1.29, 1.82) is 0 Å². The third kappa shape index (κ3) is 4.60. The fraction of sp³-hybridized carbons (Fsp3) is 0.706. The average Bonchev–Trinajstić information content (AvgIpc) is 2.94. The van der Waals surface area contributed by atoms with Gasteiger partial charge in [0.2, 0.25) is 0 Å². The van der Waals surface area contributed by atoms with Crippen molar-refractivity contribution in [2.45, 2.75) is 65.1 Å². The van der Waals surface area contributed by atoms with E-state index in [2.05, 4.69) is 35.1 Å². The number of rotatable bonds is 7. The number of hydrogen-bond acceptors (Lipinski definition) is 3. The molecule has 0 aliphatic heterocycles. The first-order chi connectivity index (χ1) is 10.2. The van der Waals surface area contributed by atoms with E-state index < -0.39 is 0 Å². The molecule has 0 amide bonds. The molecule has 0 radical (unpaired) electrons. The molecule has 1 fully saturated rings. The van der Waals surface area contributed by atoms with Crippen LogP contribution in [0.2, 0.25) is 0 Å². The average molecular weight is 292 g/mol. The Hall–Kier alpha value is -1.29. The van der Waals surface area contributed by atoms with Crippen LogP contribution >= 0.6 is 0 Å². The van der Waals surface area contributed by atoms with E-state index in [-0.39, 0.29) is 11.9 Å². The summed E-state index contributed by atoms with van der Waals surface area (Å²) in [7, 11) is 0. The highest BCUT2D eigenvalue weighted by Gasteiger charge is 2.26. The summed E-state index contributed by atoms with van der Waals surface area (Å²) in [6, 6.07) is 4.83. The minimum atomic E-state index is -0.00669. The van der Waals surface area contributed by atoms with Crippen LogP contribution in [0.4, 0.5) is 0 Å². The molecular weight excluding hydrogens is 264 g/mol. The van der Waals surface area contributed by atoms with Gasteiger partial charge in [-0.05, 0) is 51.2 Å². The van der Waals surface area contributed by atoms with Gasteiger partial charge in [0.1, 0.15) is 0 Å². The van der Waals surface area contributed by atoms with Crippen molar-refractivity contribution in [1.82, 2.24) is 9.88 Å². The molecule has 0 saturated heterocycles. The fourth-order valence-electron chi connectivity index (χ4n) is 3.11. The van der Waals surface area contributed by atoms with Gasteiger partial charge in [-0.15, -0.1) is 0 Å². The monoisotopic (exact) mass is 292 g/mol. The second-order valence-electron chi connectivity index (χ2n) is 5.87. The van der Waals surface area contributed by atoms with Crippen LogP contribution in [0.3, 0.4) is 0 Å². The maximum atomic E-state index is 11.7. The van der Waals surface area contributed by atoms with Crippen molar-refractivity contribution in [2.75, 3.05) is 6.61 Å². The van der Waals surface area contributed by atoms with E-state index >= 15 is 0 Å². The Morgan fingerprint density at radius 2 is 2.10 bits per heavy atom. The highest BCUT2D eigenvalue weighted by atomic mass is 16.5. The Morgan fingerprint density at radius 3 is 2.76 bits per heavy atom. The number of ether oxygens (including phenoxy) is 1. The van der Waals surface area contributed by atoms with Gasteiger partial charge in [0, 0.05) is 31.0 Å². The Bertz CT molecular complexity index is 434. The number of aromatic nitrogens is 1. The summed E-state index contributed by atoms with van der Waals surface area (Å²) < 4.78 is 7.43. The molecule has 118 valence electrons. The zero-order chi connectivity index (χ0) is 15.1. The van der Waals surface area contributed by atoms with Crippen molar-refractivity contribution in [3.8, 4) is 0 Å². The predicted molar refractivity (Wildman–Crippen MR) is 83.9 cm³/mol. The zero-order valence-electron chi connectivity index (χ0n) is 13.3. The van der Waals surface area contributed by atoms with Crippen LogP contribution in [0.5, 0.6) is 0 Å². The van der Waals surface area contributed by atoms with Crippen LogP contribution in [0.1, 0.15) is 51.6 Å². The van der Waals surface area contributed by atoms with Crippen molar-refractivity contribution in [3.63, 3.8) is 0 Å². The van der Waals surface area contributed by atoms with Gasteiger partial charge >= 0.3 is 5.97 Å². The summed E-state index contributed by atoms with van der Waals surface area (Å²) in [5, 5.41) is 3.64. The van der Waals surface area contributed by atoms with Crippen LogP contribution < -0.4 is 5.32 Å². The third-order valence-corrected chi connectivity index (χ3v) is 4.31. The number of esters is 1. The maximum absolute atomic E-state index is 11.7. The molecule has 1 N–H and O–H groups in total. The summed E-state index contributed by atoms with van der Waals surface area (Å²) in [5.74, 6) is 0.111. The smallest absolute Gasteiger partial charge is 0.308 e. The summed E-state index contributed by atoms with van der Waals surface area (Å²) in [4.78, 5) is 11.7. The van der Waals surface area contributed by atoms with Gasteiger partial charge < -0.3 is 14.6 Å². The van der Waals surface area contributed by atoms with E-state index in [9.17, 15) is 4.79 Å². The normalized spacial score (nSPS) is 22.2. The molecular formula is C17H28N2O2. The van der Waals surface area contributed by atoms with Crippen LogP contribution in [0.15, 0.2) is 18.3 Å². The Morgan fingerprint density at radius 1 is 1.33 bits per heavy atom. The largest absolute Gasteiger partial charge is 0.466 e. The lowest BCUT2D eigenvalue weighted by molar-refractivity contribution is -0.149. The lowest BCUT2D eigenvalue weighted by Gasteiger charge is -2.28. The van der Waals surface area contributed by atoms with Crippen molar-refractivity contribution in [3.05, 3.63) is 24.0 Å². The van der Waals surface area contributed by atoms with Crippen molar-refractivity contribution in [2.24, 2.45) is 5.92 Å². The first-order valence-corrected chi connectivity index (χ1v) is 8.28. The second-order valence-corrected chi connectivity index (χ2v) is 5.87. The highest BCUT2D eigenvalue weighted by molar-refractivity contribution is 5.72. The summed E-state index contributed by atoms with van der Waals surface area (Å²) in [5.41, 5.74) is 1.35. The highest BCUT2D eigenvalue weighted by Crippen LogP contribution is 2.25. The summed E-state index contributed by atoms with van der Waals surface area (Å²) in [6.07, 6.45) is 7.35. The minimum absolute atomic E-state index is 0.00669. The molecule has 0 aromatic carbocycles. The van der Waals surface area contributed by atoms with Gasteiger partial charge in [-0.2, -0.15) is 0 Å². The topological polar surface area (TPSA) is 43.3 Å². The molecule has 2 rings (SSSR count). The molecule has 4 nitrogen and oxygen atoms in total. The Kier molecular flexibility index (Phi) is 6.30. The number of nitrogens with zero attached hydrogens (tertiary/aromatic N) is 1. The first-order valence-electron chi connectivity index (χ1n) is 8.28. The van der Waals surface area contributed by atoms with Gasteiger partial charge in [0.05, 0.1) is 12.5 Å². The molecule has 1 heterocycles. The van der Waals surface area contributed by atoms with Gasteiger partial charge in [0.15, 0.2) is 0 Å². The van der Waals surface area contributed by atoms with E-state index in [1.54, 1.807) is 0 Å². The summed E-state index contributed by atoms with van der Waals surface area (Å²) >= 11 is 0. The number of carbonyl (C=O) groups is 1. The molecule has 0 spiro atoms. The van der Waals surface area contributed by atoms with Gasteiger partial charge in [0.25, 0.3) is 0 Å². The second kappa shape index (κ2) is 8.23. The molecule has 4 heteroatoms. The molecule has 0 bridgehead atoms. The Balaban J connectivity index is 1.73. The molecule has 0 atom stereocenters. The molecule has 1 aromatic rings. The third-order valence-electron chi connectivity index (χ3n) is 4.31. The van der Waals surface area contributed by atoms with Gasteiger partial charge in [-0.25, -0.2) is 0 Å². The van der Waals surface area contributed by atoms with Crippen molar-refractivity contribution < 1.29 is 9.53 Å². The zero-order valence-corrected chi connectivity index (χ0v) is 13.3. The SMILES string of the molecule is CCCn1cccc1CNC1CCC(C(=O)OCC)CC1. The van der Waals surface area contributed by atoms with E-state index in [0.29, 0.717) is 12.6 Å². The van der Waals surface area contributed by atoms with Crippen LogP contribution in [0, 0.1) is 5.92 Å². The Labute approximate surface area is 127 Å². The molecule has 0 unspecified atom stereocenters. The van der Waals surface area contributed by atoms with Crippen molar-refractivity contribution >= 4 is 5.97 Å². The molecule has 21 heavy (non-hydrogen) atoms. The summed E-state index contributed by atoms with van der Waals surface area (Å²) in [6.45, 7) is 6.57. The van der Waals surface area contributed by atoms with Gasteiger partial charge in [-0.1, -0.05) is 6.92 Å². The molecule has 1 aromatic heterocycles. The van der Waals surface area contributed by atoms with Gasteiger partial charge in [-0.3, -0.25) is 4.79 Å².